The first-order valence-corrected chi connectivity index (χ1v) is 12.1. The van der Waals surface area contributed by atoms with Gasteiger partial charge >= 0.3 is 0 Å². The van der Waals surface area contributed by atoms with E-state index in [0.717, 1.165) is 9.21 Å². The molecule has 0 bridgehead atoms. The van der Waals surface area contributed by atoms with Crippen LogP contribution in [0.5, 0.6) is 5.75 Å². The summed E-state index contributed by atoms with van der Waals surface area (Å²) in [6.07, 6.45) is -0.335. The molecule has 1 aliphatic rings. The Morgan fingerprint density at radius 3 is 2.21 bits per heavy atom. The maximum Gasteiger partial charge on any atom is 0.252 e. The molecule has 0 spiro atoms. The second-order valence-electron chi connectivity index (χ2n) is 7.62. The average molecular weight is 503 g/mol. The van der Waals surface area contributed by atoms with E-state index in [1.165, 1.54) is 79.9 Å². The Kier molecular flexibility index (Phi) is 6.70. The van der Waals surface area contributed by atoms with Crippen molar-refractivity contribution in [2.45, 2.75) is 23.9 Å². The van der Waals surface area contributed by atoms with Crippen LogP contribution in [0.2, 0.25) is 5.02 Å². The van der Waals surface area contributed by atoms with Gasteiger partial charge in [0.1, 0.15) is 17.6 Å². The Hall–Kier alpha value is -3.27. The summed E-state index contributed by atoms with van der Waals surface area (Å²) in [5.74, 6) is -1.22. The summed E-state index contributed by atoms with van der Waals surface area (Å²) in [5, 5.41) is 0.430. The predicted molar refractivity (Wildman–Crippen MR) is 124 cm³/mol. The lowest BCUT2D eigenvalue weighted by molar-refractivity contribution is -0.122. The van der Waals surface area contributed by atoms with Gasteiger partial charge in [-0.15, -0.1) is 0 Å². The van der Waals surface area contributed by atoms with Gasteiger partial charge in [-0.1, -0.05) is 23.7 Å². The Bertz CT molecular complexity index is 1310. The van der Waals surface area contributed by atoms with Crippen molar-refractivity contribution in [3.63, 3.8) is 0 Å². The lowest BCUT2D eigenvalue weighted by atomic mass is 10.2. The number of carbonyl (C=O) groups excluding carboxylic acids is 2. The molecule has 1 atom stereocenters. The zero-order valence-electron chi connectivity index (χ0n) is 18.0. The summed E-state index contributed by atoms with van der Waals surface area (Å²) in [5.41, 5.74) is 0.758. The van der Waals surface area contributed by atoms with Crippen LogP contribution in [0.25, 0.3) is 0 Å². The second-order valence-corrected chi connectivity index (χ2v) is 9.94. The number of nitrogens with zero attached hydrogens (tertiary/aromatic N) is 2. The summed E-state index contributed by atoms with van der Waals surface area (Å²) in [6.45, 7) is -0.229. The van der Waals surface area contributed by atoms with Crippen molar-refractivity contribution in [1.29, 1.82) is 0 Å². The number of benzene rings is 3. The van der Waals surface area contributed by atoms with Crippen molar-refractivity contribution in [2.24, 2.45) is 0 Å². The molecule has 3 aromatic rings. The fourth-order valence-electron chi connectivity index (χ4n) is 3.72. The number of carbonyl (C=O) groups is 2. The summed E-state index contributed by atoms with van der Waals surface area (Å²) >= 11 is 5.91. The molecule has 0 aliphatic carbocycles. The van der Waals surface area contributed by atoms with Gasteiger partial charge in [-0.2, -0.15) is 4.31 Å². The van der Waals surface area contributed by atoms with E-state index in [1.807, 2.05) is 0 Å². The van der Waals surface area contributed by atoms with Gasteiger partial charge in [0.25, 0.3) is 5.91 Å². The first kappa shape index (κ1) is 23.9. The SMILES string of the molecule is COc1ccc(S(=O)(=O)N(Cc2ccc(F)cc2)C2CC(=O)N(c3ccc(Cl)cc3)C2=O)cc1. The third-order valence-corrected chi connectivity index (χ3v) is 7.59. The van der Waals surface area contributed by atoms with Crippen molar-refractivity contribution in [1.82, 2.24) is 4.31 Å². The van der Waals surface area contributed by atoms with Gasteiger partial charge in [0, 0.05) is 11.6 Å². The number of rotatable bonds is 7. The molecule has 1 saturated heterocycles. The fourth-order valence-corrected chi connectivity index (χ4v) is 5.41. The standard InChI is InChI=1S/C24H20ClFN2O5S/c1-33-20-10-12-21(13-11-20)34(31,32)27(15-16-2-6-18(26)7-3-16)22-14-23(29)28(24(22)30)19-8-4-17(25)5-9-19/h2-13,22H,14-15H2,1H3. The molecule has 3 aromatic carbocycles. The Morgan fingerprint density at radius 1 is 1.00 bits per heavy atom. The van der Waals surface area contributed by atoms with Crippen LogP contribution >= 0.6 is 11.6 Å². The maximum atomic E-state index is 13.6. The highest BCUT2D eigenvalue weighted by molar-refractivity contribution is 7.89. The minimum Gasteiger partial charge on any atom is -0.497 e. The van der Waals surface area contributed by atoms with Crippen LogP contribution in [-0.4, -0.2) is 37.7 Å². The van der Waals surface area contributed by atoms with Crippen molar-refractivity contribution < 1.29 is 27.1 Å². The molecular weight excluding hydrogens is 483 g/mol. The molecule has 1 unspecified atom stereocenters. The highest BCUT2D eigenvalue weighted by atomic mass is 35.5. The number of ether oxygens (including phenoxy) is 1. The minimum atomic E-state index is -4.22. The lowest BCUT2D eigenvalue weighted by Crippen LogP contribution is -2.45. The van der Waals surface area contributed by atoms with Crippen LogP contribution in [-0.2, 0) is 26.2 Å². The predicted octanol–water partition coefficient (Wildman–Crippen LogP) is 4.01. The largest absolute Gasteiger partial charge is 0.497 e. The van der Waals surface area contributed by atoms with Crippen LogP contribution in [0.3, 0.4) is 0 Å². The second kappa shape index (κ2) is 9.54. The van der Waals surface area contributed by atoms with Crippen LogP contribution < -0.4 is 9.64 Å². The van der Waals surface area contributed by atoms with Crippen LogP contribution in [0, 0.1) is 5.82 Å². The van der Waals surface area contributed by atoms with Crippen molar-refractivity contribution in [3.05, 3.63) is 89.2 Å². The van der Waals surface area contributed by atoms with Gasteiger partial charge in [-0.05, 0) is 66.2 Å². The number of halogens is 2. The molecule has 0 saturated carbocycles. The van der Waals surface area contributed by atoms with E-state index < -0.39 is 33.7 Å². The van der Waals surface area contributed by atoms with Crippen molar-refractivity contribution in [2.75, 3.05) is 12.0 Å². The Balaban J connectivity index is 1.74. The molecule has 1 fully saturated rings. The smallest absolute Gasteiger partial charge is 0.252 e. The van der Waals surface area contributed by atoms with Gasteiger partial charge in [-0.3, -0.25) is 9.59 Å². The van der Waals surface area contributed by atoms with Gasteiger partial charge in [-0.25, -0.2) is 17.7 Å². The molecule has 4 rings (SSSR count). The van der Waals surface area contributed by atoms with Gasteiger partial charge < -0.3 is 4.74 Å². The third kappa shape index (κ3) is 4.68. The summed E-state index contributed by atoms with van der Waals surface area (Å²) in [6, 6.07) is 15.8. The number of sulfonamides is 1. The molecule has 0 aromatic heterocycles. The monoisotopic (exact) mass is 502 g/mol. The lowest BCUT2D eigenvalue weighted by Gasteiger charge is -2.27. The topological polar surface area (TPSA) is 84.0 Å². The number of hydrogen-bond acceptors (Lipinski definition) is 5. The number of anilines is 1. The normalized spacial score (nSPS) is 16.4. The maximum absolute atomic E-state index is 13.6. The molecule has 0 radical (unpaired) electrons. The van der Waals surface area contributed by atoms with Crippen LogP contribution in [0.4, 0.5) is 10.1 Å². The molecule has 1 aliphatic heterocycles. The van der Waals surface area contributed by atoms with E-state index in [-0.39, 0.29) is 17.9 Å². The van der Waals surface area contributed by atoms with Crippen LogP contribution in [0.15, 0.2) is 77.7 Å². The van der Waals surface area contributed by atoms with Crippen molar-refractivity contribution in [3.8, 4) is 5.75 Å². The molecule has 2 amide bonds. The minimum absolute atomic E-state index is 0.0689. The third-order valence-electron chi connectivity index (χ3n) is 5.47. The van der Waals surface area contributed by atoms with E-state index in [2.05, 4.69) is 0 Å². The number of hydrogen-bond donors (Lipinski definition) is 0. The quantitative estimate of drug-likeness (QED) is 0.456. The summed E-state index contributed by atoms with van der Waals surface area (Å²) < 4.78 is 46.8. The summed E-state index contributed by atoms with van der Waals surface area (Å²) in [7, 11) is -2.77. The fraction of sp³-hybridized carbons (Fsp3) is 0.167. The van der Waals surface area contributed by atoms with E-state index in [9.17, 15) is 22.4 Å². The van der Waals surface area contributed by atoms with E-state index in [1.54, 1.807) is 0 Å². The molecular formula is C24H20ClFN2O5S. The highest BCUT2D eigenvalue weighted by Gasteiger charge is 2.47. The number of imide groups is 1. The van der Waals surface area contributed by atoms with Crippen molar-refractivity contribution >= 4 is 39.1 Å². The van der Waals surface area contributed by atoms with Gasteiger partial charge in [0.05, 0.1) is 24.1 Å². The number of methoxy groups -OCH3 is 1. The first-order valence-electron chi connectivity index (χ1n) is 10.2. The molecule has 7 nitrogen and oxygen atoms in total. The Morgan fingerprint density at radius 2 is 1.62 bits per heavy atom. The highest BCUT2D eigenvalue weighted by Crippen LogP contribution is 2.31. The van der Waals surface area contributed by atoms with Gasteiger partial charge in [0.2, 0.25) is 15.9 Å². The number of amides is 2. The molecule has 1 heterocycles. The Labute approximate surface area is 201 Å². The van der Waals surface area contributed by atoms with E-state index in [4.69, 9.17) is 16.3 Å². The van der Waals surface area contributed by atoms with E-state index >= 15 is 0 Å². The molecule has 10 heteroatoms. The average Bonchev–Trinajstić information content (AvgIpc) is 3.12. The first-order chi connectivity index (χ1) is 16.2. The zero-order chi connectivity index (χ0) is 24.5. The molecule has 176 valence electrons. The van der Waals surface area contributed by atoms with Crippen LogP contribution in [0.1, 0.15) is 12.0 Å². The zero-order valence-corrected chi connectivity index (χ0v) is 19.6. The molecule has 0 N–H and O–H groups in total. The van der Waals surface area contributed by atoms with Gasteiger partial charge in [0.15, 0.2) is 0 Å². The molecule has 34 heavy (non-hydrogen) atoms. The van der Waals surface area contributed by atoms with E-state index in [0.29, 0.717) is 22.0 Å². The summed E-state index contributed by atoms with van der Waals surface area (Å²) in [4.78, 5) is 27.1.